The zero-order valence-corrected chi connectivity index (χ0v) is 16.8. The Balaban J connectivity index is 1.97. The van der Waals surface area contributed by atoms with Crippen molar-refractivity contribution >= 4 is 42.6 Å². The zero-order chi connectivity index (χ0) is 19.6. The topological polar surface area (TPSA) is 79.8 Å². The van der Waals surface area contributed by atoms with Gasteiger partial charge in [0.05, 0.1) is 22.2 Å². The largest absolute Gasteiger partial charge is 0.288 e. The van der Waals surface area contributed by atoms with Crippen LogP contribution in [0.2, 0.25) is 0 Å². The van der Waals surface area contributed by atoms with Gasteiger partial charge in [0.2, 0.25) is 0 Å². The Hall–Kier alpha value is -2.33. The molecule has 3 aromatic rings. The average molecular weight is 406 g/mol. The monoisotopic (exact) mass is 405 g/mol. The van der Waals surface area contributed by atoms with Crippen molar-refractivity contribution in [3.05, 3.63) is 54.1 Å². The molecule has 1 aromatic heterocycles. The van der Waals surface area contributed by atoms with Crippen molar-refractivity contribution in [3.63, 3.8) is 0 Å². The van der Waals surface area contributed by atoms with Crippen LogP contribution in [0.4, 0.5) is 5.13 Å². The Labute approximate surface area is 161 Å². The number of hydrogen-bond acceptors (Lipinski definition) is 6. The SMILES string of the molecule is CCN(C(=O)c1cccc(S(=O)(=O)N(C)OC)c1)c1nc2ccccc2s1. The number of carbonyl (C=O) groups is 1. The zero-order valence-electron chi connectivity index (χ0n) is 15.1. The molecule has 0 N–H and O–H groups in total. The van der Waals surface area contributed by atoms with Crippen molar-refractivity contribution < 1.29 is 18.0 Å². The number of anilines is 1. The summed E-state index contributed by atoms with van der Waals surface area (Å²) in [7, 11) is -1.28. The Morgan fingerprint density at radius 3 is 2.59 bits per heavy atom. The number of hydrogen-bond donors (Lipinski definition) is 0. The predicted octanol–water partition coefficient (Wildman–Crippen LogP) is 3.14. The molecule has 7 nitrogen and oxygen atoms in total. The highest BCUT2D eigenvalue weighted by Crippen LogP contribution is 2.29. The minimum atomic E-state index is -3.84. The van der Waals surface area contributed by atoms with Gasteiger partial charge in [-0.3, -0.25) is 14.5 Å². The number of sulfonamides is 1. The summed E-state index contributed by atoms with van der Waals surface area (Å²) in [6, 6.07) is 13.6. The first-order chi connectivity index (χ1) is 12.9. The molecule has 27 heavy (non-hydrogen) atoms. The summed E-state index contributed by atoms with van der Waals surface area (Å²) < 4.78 is 26.6. The second kappa shape index (κ2) is 7.73. The summed E-state index contributed by atoms with van der Waals surface area (Å²) in [6.45, 7) is 2.26. The molecule has 0 aliphatic carbocycles. The van der Waals surface area contributed by atoms with Crippen LogP contribution in [-0.4, -0.2) is 44.5 Å². The van der Waals surface area contributed by atoms with Crippen molar-refractivity contribution in [1.29, 1.82) is 0 Å². The van der Waals surface area contributed by atoms with E-state index in [4.69, 9.17) is 4.84 Å². The maximum atomic E-state index is 13.0. The van der Waals surface area contributed by atoms with Gasteiger partial charge in [-0.1, -0.05) is 34.0 Å². The molecule has 0 saturated heterocycles. The molecule has 0 spiro atoms. The molecule has 0 unspecified atom stereocenters. The number of carbonyl (C=O) groups excluding carboxylic acids is 1. The molecule has 0 radical (unpaired) electrons. The van der Waals surface area contributed by atoms with Gasteiger partial charge in [0.25, 0.3) is 15.9 Å². The van der Waals surface area contributed by atoms with Crippen LogP contribution in [0.5, 0.6) is 0 Å². The summed E-state index contributed by atoms with van der Waals surface area (Å²) in [4.78, 5) is 23.9. The lowest BCUT2D eigenvalue weighted by Gasteiger charge is -2.19. The number of nitrogens with zero attached hydrogens (tertiary/aromatic N) is 3. The lowest BCUT2D eigenvalue weighted by Crippen LogP contribution is -2.31. The second-order valence-electron chi connectivity index (χ2n) is 5.64. The van der Waals surface area contributed by atoms with Crippen LogP contribution in [-0.2, 0) is 14.9 Å². The number of fused-ring (bicyclic) bond motifs is 1. The van der Waals surface area contributed by atoms with Crippen molar-refractivity contribution in [3.8, 4) is 0 Å². The highest BCUT2D eigenvalue weighted by atomic mass is 32.2. The van der Waals surface area contributed by atoms with E-state index in [9.17, 15) is 13.2 Å². The first-order valence-electron chi connectivity index (χ1n) is 8.19. The third kappa shape index (κ3) is 3.72. The standard InChI is InChI=1S/C18H19N3O4S2/c1-4-21(18-19-15-10-5-6-11-16(15)26-18)17(22)13-8-7-9-14(12-13)27(23,24)20(2)25-3/h5-12H,4H2,1-3H3. The summed E-state index contributed by atoms with van der Waals surface area (Å²) in [5.41, 5.74) is 1.09. The van der Waals surface area contributed by atoms with Gasteiger partial charge >= 0.3 is 0 Å². The summed E-state index contributed by atoms with van der Waals surface area (Å²) in [5.74, 6) is -0.311. The Morgan fingerprint density at radius 2 is 1.93 bits per heavy atom. The molecule has 0 atom stereocenters. The minimum absolute atomic E-state index is 0.0157. The lowest BCUT2D eigenvalue weighted by atomic mass is 10.2. The van der Waals surface area contributed by atoms with E-state index in [0.29, 0.717) is 11.7 Å². The van der Waals surface area contributed by atoms with E-state index in [1.54, 1.807) is 6.07 Å². The molecular weight excluding hydrogens is 386 g/mol. The van der Waals surface area contributed by atoms with Gasteiger partial charge in [-0.25, -0.2) is 13.4 Å². The number of thiazole rings is 1. The van der Waals surface area contributed by atoms with Crippen LogP contribution >= 0.6 is 11.3 Å². The first kappa shape index (κ1) is 19.4. The van der Waals surface area contributed by atoms with Crippen molar-refractivity contribution in [2.45, 2.75) is 11.8 Å². The lowest BCUT2D eigenvalue weighted by molar-refractivity contribution is -0.0258. The van der Waals surface area contributed by atoms with Gasteiger partial charge in [-0.15, -0.1) is 0 Å². The molecule has 0 aliphatic heterocycles. The predicted molar refractivity (Wildman–Crippen MR) is 105 cm³/mol. The van der Waals surface area contributed by atoms with E-state index in [1.807, 2.05) is 31.2 Å². The van der Waals surface area contributed by atoms with Gasteiger partial charge in [-0.05, 0) is 37.3 Å². The van der Waals surface area contributed by atoms with E-state index in [-0.39, 0.29) is 16.4 Å². The Bertz CT molecular complexity index is 1050. The number of benzene rings is 2. The van der Waals surface area contributed by atoms with E-state index < -0.39 is 10.0 Å². The van der Waals surface area contributed by atoms with Crippen LogP contribution in [0.25, 0.3) is 10.2 Å². The van der Waals surface area contributed by atoms with E-state index in [2.05, 4.69) is 4.98 Å². The summed E-state index contributed by atoms with van der Waals surface area (Å²) in [6.07, 6.45) is 0. The van der Waals surface area contributed by atoms with E-state index >= 15 is 0 Å². The first-order valence-corrected chi connectivity index (χ1v) is 10.4. The van der Waals surface area contributed by atoms with Gasteiger partial charge in [-0.2, -0.15) is 0 Å². The van der Waals surface area contributed by atoms with Crippen LogP contribution < -0.4 is 4.90 Å². The molecule has 0 fully saturated rings. The molecule has 0 bridgehead atoms. The minimum Gasteiger partial charge on any atom is -0.288 e. The quantitative estimate of drug-likeness (QED) is 0.589. The molecule has 1 amide bonds. The molecule has 0 aliphatic rings. The van der Waals surface area contributed by atoms with Crippen LogP contribution in [0.3, 0.4) is 0 Å². The number of aromatic nitrogens is 1. The fraction of sp³-hybridized carbons (Fsp3) is 0.222. The van der Waals surface area contributed by atoms with Crippen LogP contribution in [0.15, 0.2) is 53.4 Å². The van der Waals surface area contributed by atoms with E-state index in [0.717, 1.165) is 14.7 Å². The highest BCUT2D eigenvalue weighted by Gasteiger charge is 2.24. The number of hydroxylamine groups is 1. The summed E-state index contributed by atoms with van der Waals surface area (Å²) in [5, 5.41) is 0.575. The van der Waals surface area contributed by atoms with Gasteiger partial charge in [0.1, 0.15) is 0 Å². The molecule has 1 heterocycles. The molecule has 9 heteroatoms. The van der Waals surface area contributed by atoms with Crippen LogP contribution in [0, 0.1) is 0 Å². The molecular formula is C18H19N3O4S2. The van der Waals surface area contributed by atoms with Crippen molar-refractivity contribution in [2.75, 3.05) is 25.6 Å². The van der Waals surface area contributed by atoms with Crippen molar-refractivity contribution in [1.82, 2.24) is 9.45 Å². The van der Waals surface area contributed by atoms with Gasteiger partial charge < -0.3 is 0 Å². The fourth-order valence-corrected chi connectivity index (χ4v) is 4.58. The normalized spacial score (nSPS) is 11.9. The highest BCUT2D eigenvalue weighted by molar-refractivity contribution is 7.89. The van der Waals surface area contributed by atoms with Crippen molar-refractivity contribution in [2.24, 2.45) is 0 Å². The van der Waals surface area contributed by atoms with Gasteiger partial charge in [0, 0.05) is 19.2 Å². The maximum absolute atomic E-state index is 13.0. The van der Waals surface area contributed by atoms with Crippen LogP contribution in [0.1, 0.15) is 17.3 Å². The molecule has 2 aromatic carbocycles. The summed E-state index contributed by atoms with van der Waals surface area (Å²) >= 11 is 1.42. The number of rotatable bonds is 6. The fourth-order valence-electron chi connectivity index (χ4n) is 2.53. The Morgan fingerprint density at radius 1 is 1.19 bits per heavy atom. The third-order valence-electron chi connectivity index (χ3n) is 4.05. The maximum Gasteiger partial charge on any atom is 0.264 e. The number of amides is 1. The molecule has 3 rings (SSSR count). The smallest absolute Gasteiger partial charge is 0.264 e. The number of para-hydroxylation sites is 1. The third-order valence-corrected chi connectivity index (χ3v) is 6.78. The van der Waals surface area contributed by atoms with Gasteiger partial charge in [0.15, 0.2) is 5.13 Å². The van der Waals surface area contributed by atoms with E-state index in [1.165, 1.54) is 48.6 Å². The second-order valence-corrected chi connectivity index (χ2v) is 8.58. The average Bonchev–Trinajstić information content (AvgIpc) is 3.11. The Kier molecular flexibility index (Phi) is 5.56. The molecule has 0 saturated carbocycles. The molecule has 142 valence electrons.